The van der Waals surface area contributed by atoms with Gasteiger partial charge in [0.2, 0.25) is 0 Å². The monoisotopic (exact) mass is 328 g/mol. The van der Waals surface area contributed by atoms with Crippen LogP contribution in [0.4, 0.5) is 0 Å². The first-order valence-electron chi connectivity index (χ1n) is 7.28. The summed E-state index contributed by atoms with van der Waals surface area (Å²) >= 11 is 0. The summed E-state index contributed by atoms with van der Waals surface area (Å²) < 4.78 is 10.4. The van der Waals surface area contributed by atoms with Crippen LogP contribution in [0.15, 0.2) is 42.5 Å². The number of phenols is 3. The van der Waals surface area contributed by atoms with Crippen molar-refractivity contribution in [2.24, 2.45) is 0 Å². The number of aromatic hydroxyl groups is 3. The molecule has 0 fully saturated rings. The maximum absolute atomic E-state index is 11.7. The minimum absolute atomic E-state index is 0.0246. The van der Waals surface area contributed by atoms with Gasteiger partial charge in [0, 0.05) is 29.7 Å². The number of methoxy groups -OCH3 is 1. The molecule has 1 aliphatic rings. The molecule has 1 aliphatic heterocycles. The van der Waals surface area contributed by atoms with Gasteiger partial charge in [-0.15, -0.1) is 0 Å². The lowest BCUT2D eigenvalue weighted by molar-refractivity contribution is -0.138. The van der Waals surface area contributed by atoms with Gasteiger partial charge < -0.3 is 24.8 Å². The molecule has 1 unspecified atom stereocenters. The van der Waals surface area contributed by atoms with Crippen molar-refractivity contribution in [3.05, 3.63) is 53.6 Å². The largest absolute Gasteiger partial charge is 0.508 e. The maximum Gasteiger partial charge on any atom is 0.331 e. The first-order chi connectivity index (χ1) is 11.5. The molecule has 0 aromatic heterocycles. The predicted molar refractivity (Wildman–Crippen MR) is 86.0 cm³/mol. The van der Waals surface area contributed by atoms with Crippen molar-refractivity contribution < 1.29 is 29.6 Å². The minimum atomic E-state index is -0.581. The summed E-state index contributed by atoms with van der Waals surface area (Å²) in [5.41, 5.74) is 1.76. The molecule has 24 heavy (non-hydrogen) atoms. The van der Waals surface area contributed by atoms with E-state index in [9.17, 15) is 20.1 Å². The highest BCUT2D eigenvalue weighted by molar-refractivity contribution is 5.98. The number of phenolic OH excluding ortho intramolecular Hbond substituents is 3. The van der Waals surface area contributed by atoms with Gasteiger partial charge in [-0.2, -0.15) is 0 Å². The highest BCUT2D eigenvalue weighted by Crippen LogP contribution is 2.36. The van der Waals surface area contributed by atoms with Gasteiger partial charge in [-0.25, -0.2) is 4.79 Å². The lowest BCUT2D eigenvalue weighted by atomic mass is 9.95. The molecule has 0 saturated heterocycles. The standard InChI is InChI=1S/C18H16O6/c1-23-17-7-10(2-5-14(17)20)6-16-13(9-18(22)24-16)12-4-3-11(19)8-15(12)21/h2-5,7-9,16,19-21H,6H2,1H3. The van der Waals surface area contributed by atoms with Crippen LogP contribution < -0.4 is 4.74 Å². The van der Waals surface area contributed by atoms with Crippen molar-refractivity contribution in [1.82, 2.24) is 0 Å². The number of cyclic esters (lactones) is 1. The zero-order valence-electron chi connectivity index (χ0n) is 12.9. The Labute approximate surface area is 138 Å². The van der Waals surface area contributed by atoms with E-state index < -0.39 is 12.1 Å². The first kappa shape index (κ1) is 15.7. The fraction of sp³-hybridized carbons (Fsp3) is 0.167. The molecule has 1 atom stereocenters. The summed E-state index contributed by atoms with van der Waals surface area (Å²) in [5, 5.41) is 29.1. The number of hydrogen-bond donors (Lipinski definition) is 3. The molecule has 1 heterocycles. The first-order valence-corrected chi connectivity index (χ1v) is 7.28. The van der Waals surface area contributed by atoms with E-state index in [1.54, 1.807) is 12.1 Å². The van der Waals surface area contributed by atoms with Gasteiger partial charge in [-0.05, 0) is 29.8 Å². The van der Waals surface area contributed by atoms with E-state index in [4.69, 9.17) is 9.47 Å². The van der Waals surface area contributed by atoms with Gasteiger partial charge in [0.05, 0.1) is 7.11 Å². The molecule has 0 aliphatic carbocycles. The Morgan fingerprint density at radius 1 is 1.08 bits per heavy atom. The summed E-state index contributed by atoms with van der Waals surface area (Å²) in [6.45, 7) is 0. The normalized spacial score (nSPS) is 16.6. The van der Waals surface area contributed by atoms with Gasteiger partial charge in [0.1, 0.15) is 17.6 Å². The number of carbonyl (C=O) groups is 1. The average Bonchev–Trinajstić information content (AvgIpc) is 2.89. The molecule has 0 saturated carbocycles. The van der Waals surface area contributed by atoms with E-state index in [2.05, 4.69) is 0 Å². The van der Waals surface area contributed by atoms with E-state index >= 15 is 0 Å². The third-order valence-corrected chi connectivity index (χ3v) is 3.84. The summed E-state index contributed by atoms with van der Waals surface area (Å²) in [6.07, 6.45) is 1.10. The molecular formula is C18H16O6. The number of ether oxygens (including phenoxy) is 2. The third kappa shape index (κ3) is 2.99. The van der Waals surface area contributed by atoms with Gasteiger partial charge in [0.25, 0.3) is 0 Å². The van der Waals surface area contributed by atoms with Crippen molar-refractivity contribution in [2.75, 3.05) is 7.11 Å². The van der Waals surface area contributed by atoms with Crippen molar-refractivity contribution in [3.63, 3.8) is 0 Å². The van der Waals surface area contributed by atoms with Gasteiger partial charge in [0.15, 0.2) is 11.5 Å². The fourth-order valence-electron chi connectivity index (χ4n) is 2.69. The van der Waals surface area contributed by atoms with Crippen LogP contribution >= 0.6 is 0 Å². The minimum Gasteiger partial charge on any atom is -0.508 e. The van der Waals surface area contributed by atoms with Crippen LogP contribution in [0.1, 0.15) is 11.1 Å². The maximum atomic E-state index is 11.7. The number of esters is 1. The zero-order valence-corrected chi connectivity index (χ0v) is 12.9. The summed E-state index contributed by atoms with van der Waals surface area (Å²) in [7, 11) is 1.45. The molecule has 3 rings (SSSR count). The predicted octanol–water partition coefficient (Wildman–Crippen LogP) is 2.36. The van der Waals surface area contributed by atoms with Gasteiger partial charge in [-0.1, -0.05) is 6.07 Å². The lowest BCUT2D eigenvalue weighted by Gasteiger charge is -2.16. The Kier molecular flexibility index (Phi) is 4.04. The van der Waals surface area contributed by atoms with Crippen molar-refractivity contribution in [2.45, 2.75) is 12.5 Å². The summed E-state index contributed by atoms with van der Waals surface area (Å²) in [4.78, 5) is 11.7. The SMILES string of the molecule is COc1cc(CC2OC(=O)C=C2c2ccc(O)cc2O)ccc1O. The molecule has 2 aromatic rings. The Hall–Kier alpha value is -3.15. The van der Waals surface area contributed by atoms with E-state index in [1.165, 1.54) is 37.5 Å². The average molecular weight is 328 g/mol. The molecule has 0 amide bonds. The highest BCUT2D eigenvalue weighted by Gasteiger charge is 2.29. The molecule has 0 bridgehead atoms. The molecule has 6 heteroatoms. The van der Waals surface area contributed by atoms with Crippen LogP contribution in [0.2, 0.25) is 0 Å². The quantitative estimate of drug-likeness (QED) is 0.746. The molecule has 0 radical (unpaired) electrons. The second-order valence-corrected chi connectivity index (χ2v) is 5.44. The Morgan fingerprint density at radius 2 is 1.88 bits per heavy atom. The number of hydrogen-bond acceptors (Lipinski definition) is 6. The smallest absolute Gasteiger partial charge is 0.331 e. The van der Waals surface area contributed by atoms with Crippen LogP contribution in [0.25, 0.3) is 5.57 Å². The van der Waals surface area contributed by atoms with Crippen LogP contribution in [0.3, 0.4) is 0 Å². The van der Waals surface area contributed by atoms with E-state index in [0.717, 1.165) is 5.56 Å². The Morgan fingerprint density at radius 3 is 2.58 bits per heavy atom. The summed E-state index contributed by atoms with van der Waals surface area (Å²) in [6, 6.07) is 9.04. The highest BCUT2D eigenvalue weighted by atomic mass is 16.5. The van der Waals surface area contributed by atoms with Crippen LogP contribution in [0, 0.1) is 0 Å². The van der Waals surface area contributed by atoms with Crippen molar-refractivity contribution in [3.8, 4) is 23.0 Å². The third-order valence-electron chi connectivity index (χ3n) is 3.84. The molecule has 0 spiro atoms. The van der Waals surface area contributed by atoms with Crippen LogP contribution in [-0.2, 0) is 16.0 Å². The zero-order chi connectivity index (χ0) is 17.3. The van der Waals surface area contributed by atoms with Crippen molar-refractivity contribution >= 4 is 11.5 Å². The Balaban J connectivity index is 1.90. The van der Waals surface area contributed by atoms with E-state index in [1.807, 2.05) is 0 Å². The molecule has 124 valence electrons. The van der Waals surface area contributed by atoms with Gasteiger partial charge >= 0.3 is 5.97 Å². The van der Waals surface area contributed by atoms with Gasteiger partial charge in [-0.3, -0.25) is 0 Å². The number of carbonyl (C=O) groups excluding carboxylic acids is 1. The lowest BCUT2D eigenvalue weighted by Crippen LogP contribution is -2.14. The molecule has 6 nitrogen and oxygen atoms in total. The second-order valence-electron chi connectivity index (χ2n) is 5.44. The van der Waals surface area contributed by atoms with Crippen LogP contribution in [0.5, 0.6) is 23.0 Å². The number of benzene rings is 2. The number of rotatable bonds is 4. The van der Waals surface area contributed by atoms with Crippen molar-refractivity contribution in [1.29, 1.82) is 0 Å². The van der Waals surface area contributed by atoms with E-state index in [0.29, 0.717) is 23.3 Å². The van der Waals surface area contributed by atoms with E-state index in [-0.39, 0.29) is 17.2 Å². The molecule has 3 N–H and O–H groups in total. The van der Waals surface area contributed by atoms with Crippen LogP contribution in [-0.4, -0.2) is 34.5 Å². The Bertz CT molecular complexity index is 824. The second kappa shape index (κ2) is 6.16. The fourth-order valence-corrected chi connectivity index (χ4v) is 2.69. The molecule has 2 aromatic carbocycles. The molecular weight excluding hydrogens is 312 g/mol. The summed E-state index contributed by atoms with van der Waals surface area (Å²) in [5.74, 6) is -0.339. The topological polar surface area (TPSA) is 96.2 Å².